The van der Waals surface area contributed by atoms with Gasteiger partial charge in [-0.05, 0) is 20.8 Å². The Bertz CT molecular complexity index is 549. The second-order valence-electron chi connectivity index (χ2n) is 5.63. The highest BCUT2D eigenvalue weighted by atomic mass is 35.5. The SMILES string of the molecule is CC(C)(C)OC(=O)N1CCc2onc(C(=O)OCCl)c2C1. The smallest absolute Gasteiger partial charge is 0.410 e. The highest BCUT2D eigenvalue weighted by molar-refractivity contribution is 6.17. The summed E-state index contributed by atoms with van der Waals surface area (Å²) in [5.41, 5.74) is 0.0213. The fourth-order valence-corrected chi connectivity index (χ4v) is 2.07. The molecule has 0 radical (unpaired) electrons. The van der Waals surface area contributed by atoms with Crippen LogP contribution < -0.4 is 0 Å². The predicted octanol–water partition coefficient (Wildman–Crippen LogP) is 2.32. The fraction of sp³-hybridized carbons (Fsp3) is 0.615. The van der Waals surface area contributed by atoms with Gasteiger partial charge in [-0.15, -0.1) is 0 Å². The van der Waals surface area contributed by atoms with Crippen LogP contribution in [0.2, 0.25) is 0 Å². The van der Waals surface area contributed by atoms with Crippen LogP contribution in [0.5, 0.6) is 0 Å². The van der Waals surface area contributed by atoms with Crippen molar-refractivity contribution in [3.05, 3.63) is 17.0 Å². The summed E-state index contributed by atoms with van der Waals surface area (Å²) >= 11 is 5.36. The van der Waals surface area contributed by atoms with Gasteiger partial charge in [-0.1, -0.05) is 16.8 Å². The van der Waals surface area contributed by atoms with E-state index >= 15 is 0 Å². The Labute approximate surface area is 127 Å². The van der Waals surface area contributed by atoms with Crippen LogP contribution in [-0.2, 0) is 22.4 Å². The van der Waals surface area contributed by atoms with Crippen LogP contribution in [-0.4, -0.2) is 40.3 Å². The molecule has 116 valence electrons. The van der Waals surface area contributed by atoms with E-state index in [1.165, 1.54) is 4.90 Å². The maximum absolute atomic E-state index is 12.1. The molecule has 1 amide bonds. The van der Waals surface area contributed by atoms with E-state index < -0.39 is 17.7 Å². The van der Waals surface area contributed by atoms with E-state index in [4.69, 9.17) is 25.6 Å². The van der Waals surface area contributed by atoms with Crippen molar-refractivity contribution >= 4 is 23.7 Å². The molecule has 0 unspecified atom stereocenters. The molecule has 2 heterocycles. The van der Waals surface area contributed by atoms with Crippen LogP contribution in [0.25, 0.3) is 0 Å². The molecule has 0 aromatic carbocycles. The summed E-state index contributed by atoms with van der Waals surface area (Å²) in [4.78, 5) is 25.3. The van der Waals surface area contributed by atoms with Crippen molar-refractivity contribution in [2.24, 2.45) is 0 Å². The lowest BCUT2D eigenvalue weighted by Gasteiger charge is -2.29. The Morgan fingerprint density at radius 2 is 2.14 bits per heavy atom. The summed E-state index contributed by atoms with van der Waals surface area (Å²) in [7, 11) is 0. The molecule has 0 bridgehead atoms. The van der Waals surface area contributed by atoms with Gasteiger partial charge in [-0.25, -0.2) is 9.59 Å². The van der Waals surface area contributed by atoms with Crippen LogP contribution in [0.1, 0.15) is 42.6 Å². The van der Waals surface area contributed by atoms with Gasteiger partial charge in [0, 0.05) is 18.5 Å². The molecule has 0 spiro atoms. The van der Waals surface area contributed by atoms with E-state index in [1.54, 1.807) is 20.8 Å². The minimum Gasteiger partial charge on any atom is -0.445 e. The molecule has 7 nitrogen and oxygen atoms in total. The summed E-state index contributed by atoms with van der Waals surface area (Å²) in [6.45, 7) is 6.02. The molecule has 0 fully saturated rings. The molecule has 21 heavy (non-hydrogen) atoms. The number of aromatic nitrogens is 1. The highest BCUT2D eigenvalue weighted by Crippen LogP contribution is 2.24. The summed E-state index contributed by atoms with van der Waals surface area (Å²) in [6.07, 6.45) is 0.0291. The maximum Gasteiger partial charge on any atom is 0.410 e. The first-order chi connectivity index (χ1) is 9.81. The number of nitrogens with zero attached hydrogens (tertiary/aromatic N) is 2. The van der Waals surface area contributed by atoms with Crippen LogP contribution in [0, 0.1) is 0 Å². The van der Waals surface area contributed by atoms with Crippen LogP contribution in [0.4, 0.5) is 4.79 Å². The quantitative estimate of drug-likeness (QED) is 0.615. The van der Waals surface area contributed by atoms with Crippen molar-refractivity contribution in [2.45, 2.75) is 39.3 Å². The second kappa shape index (κ2) is 5.93. The van der Waals surface area contributed by atoms with Gasteiger partial charge >= 0.3 is 12.1 Å². The van der Waals surface area contributed by atoms with Crippen LogP contribution in [0.15, 0.2) is 4.52 Å². The third-order valence-electron chi connectivity index (χ3n) is 2.86. The second-order valence-corrected chi connectivity index (χ2v) is 5.84. The summed E-state index contributed by atoms with van der Waals surface area (Å²) in [5.74, 6) is -0.0858. The van der Waals surface area contributed by atoms with E-state index in [-0.39, 0.29) is 18.3 Å². The zero-order valence-corrected chi connectivity index (χ0v) is 12.9. The van der Waals surface area contributed by atoms with Gasteiger partial charge in [-0.2, -0.15) is 0 Å². The molecule has 0 saturated heterocycles. The molecule has 1 aliphatic rings. The van der Waals surface area contributed by atoms with Gasteiger partial charge in [0.25, 0.3) is 0 Å². The number of amides is 1. The molecule has 8 heteroatoms. The lowest BCUT2D eigenvalue weighted by molar-refractivity contribution is 0.0216. The third-order valence-corrected chi connectivity index (χ3v) is 2.97. The van der Waals surface area contributed by atoms with Gasteiger partial charge < -0.3 is 18.9 Å². The van der Waals surface area contributed by atoms with Crippen molar-refractivity contribution in [1.29, 1.82) is 0 Å². The summed E-state index contributed by atoms with van der Waals surface area (Å²) in [6, 6.07) is -0.268. The molecular weight excluding hydrogens is 300 g/mol. The number of alkyl halides is 1. The number of esters is 1. The number of halogens is 1. The van der Waals surface area contributed by atoms with Crippen molar-refractivity contribution < 1.29 is 23.6 Å². The maximum atomic E-state index is 12.1. The number of ether oxygens (including phenoxy) is 2. The van der Waals surface area contributed by atoms with Crippen molar-refractivity contribution in [2.75, 3.05) is 12.6 Å². The number of hydrogen-bond donors (Lipinski definition) is 0. The Kier molecular flexibility index (Phi) is 4.41. The Balaban J connectivity index is 2.14. The predicted molar refractivity (Wildman–Crippen MR) is 73.0 cm³/mol. The largest absolute Gasteiger partial charge is 0.445 e. The monoisotopic (exact) mass is 316 g/mol. The van der Waals surface area contributed by atoms with Crippen molar-refractivity contribution in [3.63, 3.8) is 0 Å². The molecule has 0 N–H and O–H groups in total. The first kappa shape index (κ1) is 15.6. The van der Waals surface area contributed by atoms with Gasteiger partial charge in [0.15, 0.2) is 11.8 Å². The molecule has 1 aromatic rings. The van der Waals surface area contributed by atoms with Crippen molar-refractivity contribution in [1.82, 2.24) is 10.1 Å². The topological polar surface area (TPSA) is 81.9 Å². The average molecular weight is 317 g/mol. The highest BCUT2D eigenvalue weighted by Gasteiger charge is 2.32. The lowest BCUT2D eigenvalue weighted by Crippen LogP contribution is -2.40. The number of fused-ring (bicyclic) bond motifs is 1. The number of carbonyl (C=O) groups is 2. The third kappa shape index (κ3) is 3.66. The lowest BCUT2D eigenvalue weighted by atomic mass is 10.1. The van der Waals surface area contributed by atoms with Gasteiger partial charge in [0.2, 0.25) is 0 Å². The van der Waals surface area contributed by atoms with Gasteiger partial charge in [-0.3, -0.25) is 0 Å². The zero-order valence-electron chi connectivity index (χ0n) is 12.1. The van der Waals surface area contributed by atoms with E-state index in [2.05, 4.69) is 5.16 Å². The van der Waals surface area contributed by atoms with Gasteiger partial charge in [0.1, 0.15) is 11.4 Å². The molecular formula is C13H17ClN2O5. The van der Waals surface area contributed by atoms with E-state index in [0.717, 1.165) is 0 Å². The number of rotatable bonds is 2. The first-order valence-electron chi connectivity index (χ1n) is 6.50. The number of hydrogen-bond acceptors (Lipinski definition) is 6. The zero-order chi connectivity index (χ0) is 15.6. The minimum absolute atomic E-state index is 0.0545. The molecule has 1 aliphatic heterocycles. The molecule has 0 aliphatic carbocycles. The van der Waals surface area contributed by atoms with Crippen molar-refractivity contribution in [3.8, 4) is 0 Å². The molecule has 2 rings (SSSR count). The Morgan fingerprint density at radius 3 is 2.76 bits per heavy atom. The Morgan fingerprint density at radius 1 is 1.43 bits per heavy atom. The normalized spacial score (nSPS) is 14.6. The van der Waals surface area contributed by atoms with E-state index in [1.807, 2.05) is 0 Å². The molecule has 0 saturated carbocycles. The molecule has 1 aromatic heterocycles. The van der Waals surface area contributed by atoms with E-state index in [0.29, 0.717) is 24.3 Å². The molecule has 0 atom stereocenters. The van der Waals surface area contributed by atoms with Crippen LogP contribution >= 0.6 is 11.6 Å². The minimum atomic E-state index is -0.666. The summed E-state index contributed by atoms with van der Waals surface area (Å²) in [5, 5.41) is 3.70. The van der Waals surface area contributed by atoms with Gasteiger partial charge in [0.05, 0.1) is 6.54 Å². The average Bonchev–Trinajstić information content (AvgIpc) is 2.79. The first-order valence-corrected chi connectivity index (χ1v) is 7.03. The van der Waals surface area contributed by atoms with E-state index in [9.17, 15) is 9.59 Å². The standard InChI is InChI=1S/C13H17ClN2O5/c1-13(2,3)20-12(18)16-5-4-9-8(6-16)10(15-21-9)11(17)19-7-14/h4-7H2,1-3H3. The fourth-order valence-electron chi connectivity index (χ4n) is 1.97. The number of carbonyl (C=O) groups excluding carboxylic acids is 2. The van der Waals surface area contributed by atoms with Crippen LogP contribution in [0.3, 0.4) is 0 Å². The Hall–Kier alpha value is -1.76. The summed E-state index contributed by atoms with van der Waals surface area (Å²) < 4.78 is 15.1.